The first-order valence-corrected chi connectivity index (χ1v) is 5.68. The molecule has 3 aromatic rings. The minimum Gasteiger partial charge on any atom is -0.398 e. The van der Waals surface area contributed by atoms with Gasteiger partial charge >= 0.3 is 0 Å². The highest BCUT2D eigenvalue weighted by Gasteiger charge is 2.12. The third-order valence-corrected chi connectivity index (χ3v) is 2.99. The Hall–Kier alpha value is -2.43. The number of aryl methyl sites for hydroxylation is 2. The first kappa shape index (κ1) is 10.7. The Morgan fingerprint density at radius 2 is 2.00 bits per heavy atom. The largest absolute Gasteiger partial charge is 0.398 e. The molecule has 0 saturated heterocycles. The van der Waals surface area contributed by atoms with Gasteiger partial charge in [-0.2, -0.15) is 0 Å². The highest BCUT2D eigenvalue weighted by molar-refractivity contribution is 5.76. The molecule has 0 atom stereocenters. The minimum atomic E-state index is 0.714. The van der Waals surface area contributed by atoms with Crippen LogP contribution < -0.4 is 5.73 Å². The number of hydrogen-bond acceptors (Lipinski definition) is 4. The molecular weight excluding hydrogens is 226 g/mol. The number of nitrogen functional groups attached to an aromatic ring is 1. The van der Waals surface area contributed by atoms with Crippen LogP contribution in [0.4, 0.5) is 5.69 Å². The number of hydrogen-bond donors (Lipinski definition) is 1. The zero-order valence-corrected chi connectivity index (χ0v) is 10.3. The van der Waals surface area contributed by atoms with Crippen LogP contribution in [0.2, 0.25) is 0 Å². The fraction of sp³-hybridized carbons (Fsp3) is 0.154. The first-order chi connectivity index (χ1) is 8.66. The summed E-state index contributed by atoms with van der Waals surface area (Å²) < 4.78 is 1.89. The summed E-state index contributed by atoms with van der Waals surface area (Å²) in [5.74, 6) is 0.747. The maximum atomic E-state index is 6.14. The lowest BCUT2D eigenvalue weighted by Crippen LogP contribution is -1.98. The molecule has 1 aromatic carbocycles. The second-order valence-corrected chi connectivity index (χ2v) is 4.37. The van der Waals surface area contributed by atoms with Crippen LogP contribution in [0.3, 0.4) is 0 Å². The molecule has 0 bridgehead atoms. The van der Waals surface area contributed by atoms with E-state index in [9.17, 15) is 0 Å². The van der Waals surface area contributed by atoms with Gasteiger partial charge < -0.3 is 5.73 Å². The lowest BCUT2D eigenvalue weighted by molar-refractivity contribution is 1.11. The fourth-order valence-corrected chi connectivity index (χ4v) is 2.10. The van der Waals surface area contributed by atoms with Crippen molar-refractivity contribution in [1.82, 2.24) is 19.6 Å². The quantitative estimate of drug-likeness (QED) is 0.659. The fourth-order valence-electron chi connectivity index (χ4n) is 2.10. The van der Waals surface area contributed by atoms with Gasteiger partial charge in [0.25, 0.3) is 0 Å². The molecule has 0 amide bonds. The maximum Gasteiger partial charge on any atom is 0.179 e. The smallest absolute Gasteiger partial charge is 0.179 e. The molecule has 3 rings (SSSR count). The van der Waals surface area contributed by atoms with Crippen LogP contribution in [0.25, 0.3) is 17.0 Å². The van der Waals surface area contributed by atoms with Crippen LogP contribution in [0.1, 0.15) is 11.1 Å². The maximum absolute atomic E-state index is 6.14. The van der Waals surface area contributed by atoms with Crippen LogP contribution in [0.5, 0.6) is 0 Å². The van der Waals surface area contributed by atoms with Crippen molar-refractivity contribution < 1.29 is 0 Å². The summed E-state index contributed by atoms with van der Waals surface area (Å²) in [5, 5.41) is 8.29. The lowest BCUT2D eigenvalue weighted by atomic mass is 10.0. The minimum absolute atomic E-state index is 0.714. The van der Waals surface area contributed by atoms with E-state index in [2.05, 4.69) is 21.2 Å². The molecule has 0 spiro atoms. The van der Waals surface area contributed by atoms with Gasteiger partial charge in [0.15, 0.2) is 11.5 Å². The summed E-state index contributed by atoms with van der Waals surface area (Å²) in [4.78, 5) is 4.02. The Morgan fingerprint density at radius 1 is 1.17 bits per heavy atom. The molecule has 2 N–H and O–H groups in total. The van der Waals surface area contributed by atoms with Gasteiger partial charge in [0.05, 0.1) is 6.20 Å². The number of rotatable bonds is 1. The van der Waals surface area contributed by atoms with Crippen molar-refractivity contribution in [3.05, 3.63) is 41.9 Å². The molecule has 90 valence electrons. The van der Waals surface area contributed by atoms with E-state index in [1.807, 2.05) is 30.5 Å². The van der Waals surface area contributed by atoms with Crippen LogP contribution in [-0.2, 0) is 0 Å². The number of nitrogens with two attached hydrogens (primary N) is 1. The Labute approximate surface area is 104 Å². The normalized spacial score (nSPS) is 11.0. The Bertz CT molecular complexity index is 729. The van der Waals surface area contributed by atoms with E-state index in [1.54, 1.807) is 12.4 Å². The predicted molar refractivity (Wildman–Crippen MR) is 70.1 cm³/mol. The summed E-state index contributed by atoms with van der Waals surface area (Å²) in [6, 6.07) is 4.09. The van der Waals surface area contributed by atoms with Gasteiger partial charge in [0, 0.05) is 23.6 Å². The lowest BCUT2D eigenvalue weighted by Gasteiger charge is -2.08. The molecule has 0 aliphatic heterocycles. The van der Waals surface area contributed by atoms with E-state index in [4.69, 9.17) is 5.73 Å². The average molecular weight is 239 g/mol. The molecule has 0 saturated carbocycles. The Balaban J connectivity index is 2.33. The Morgan fingerprint density at radius 3 is 2.83 bits per heavy atom. The van der Waals surface area contributed by atoms with E-state index in [0.29, 0.717) is 5.65 Å². The van der Waals surface area contributed by atoms with Crippen molar-refractivity contribution in [3.63, 3.8) is 0 Å². The van der Waals surface area contributed by atoms with E-state index in [0.717, 1.165) is 28.2 Å². The summed E-state index contributed by atoms with van der Waals surface area (Å²) in [6.07, 6.45) is 5.22. The highest BCUT2D eigenvalue weighted by atomic mass is 15.2. The molecular formula is C13H13N5. The van der Waals surface area contributed by atoms with Crippen molar-refractivity contribution in [2.75, 3.05) is 5.73 Å². The topological polar surface area (TPSA) is 69.1 Å². The van der Waals surface area contributed by atoms with E-state index in [1.165, 1.54) is 0 Å². The zero-order chi connectivity index (χ0) is 12.7. The average Bonchev–Trinajstić information content (AvgIpc) is 2.77. The number of anilines is 1. The highest BCUT2D eigenvalue weighted by Crippen LogP contribution is 2.28. The van der Waals surface area contributed by atoms with Gasteiger partial charge in [0.2, 0.25) is 0 Å². The SMILES string of the molecule is Cc1cc(C)c(N)c(-c2nnc3cnccn23)c1. The second-order valence-electron chi connectivity index (χ2n) is 4.37. The molecule has 0 aliphatic rings. The van der Waals surface area contributed by atoms with Crippen LogP contribution >= 0.6 is 0 Å². The summed E-state index contributed by atoms with van der Waals surface area (Å²) >= 11 is 0. The number of benzene rings is 1. The van der Waals surface area contributed by atoms with Gasteiger partial charge in [-0.05, 0) is 31.0 Å². The molecule has 2 heterocycles. The van der Waals surface area contributed by atoms with Crippen molar-refractivity contribution >= 4 is 11.3 Å². The number of aromatic nitrogens is 4. The van der Waals surface area contributed by atoms with Gasteiger partial charge in [0.1, 0.15) is 0 Å². The predicted octanol–water partition coefficient (Wildman–Crippen LogP) is 1.99. The summed E-state index contributed by atoms with van der Waals surface area (Å²) in [6.45, 7) is 4.04. The molecule has 18 heavy (non-hydrogen) atoms. The molecule has 5 nitrogen and oxygen atoms in total. The standard InChI is InChI=1S/C13H13N5/c1-8-5-9(2)12(14)10(6-8)13-17-16-11-7-15-3-4-18(11)13/h3-7H,14H2,1-2H3. The molecule has 0 aliphatic carbocycles. The molecule has 5 heteroatoms. The number of fused-ring (bicyclic) bond motifs is 1. The third-order valence-electron chi connectivity index (χ3n) is 2.99. The van der Waals surface area contributed by atoms with E-state index >= 15 is 0 Å². The van der Waals surface area contributed by atoms with Gasteiger partial charge in [-0.3, -0.25) is 9.38 Å². The number of nitrogens with zero attached hydrogens (tertiary/aromatic N) is 4. The van der Waals surface area contributed by atoms with Crippen molar-refractivity contribution in [2.45, 2.75) is 13.8 Å². The van der Waals surface area contributed by atoms with Crippen molar-refractivity contribution in [3.8, 4) is 11.4 Å². The monoisotopic (exact) mass is 239 g/mol. The van der Waals surface area contributed by atoms with Gasteiger partial charge in [-0.1, -0.05) is 6.07 Å². The molecule has 0 radical (unpaired) electrons. The molecule has 0 unspecified atom stereocenters. The van der Waals surface area contributed by atoms with Gasteiger partial charge in [-0.25, -0.2) is 0 Å². The van der Waals surface area contributed by atoms with Crippen molar-refractivity contribution in [1.29, 1.82) is 0 Å². The van der Waals surface area contributed by atoms with E-state index < -0.39 is 0 Å². The van der Waals surface area contributed by atoms with Crippen LogP contribution in [-0.4, -0.2) is 19.6 Å². The molecule has 2 aromatic heterocycles. The molecule has 0 fully saturated rings. The van der Waals surface area contributed by atoms with Crippen LogP contribution in [0, 0.1) is 13.8 Å². The first-order valence-electron chi connectivity index (χ1n) is 5.68. The van der Waals surface area contributed by atoms with Gasteiger partial charge in [-0.15, -0.1) is 10.2 Å². The van der Waals surface area contributed by atoms with Crippen molar-refractivity contribution in [2.24, 2.45) is 0 Å². The zero-order valence-electron chi connectivity index (χ0n) is 10.3. The summed E-state index contributed by atoms with van der Waals surface area (Å²) in [7, 11) is 0. The third kappa shape index (κ3) is 1.52. The Kier molecular flexibility index (Phi) is 2.26. The van der Waals surface area contributed by atoms with Crippen LogP contribution in [0.15, 0.2) is 30.7 Å². The summed E-state index contributed by atoms with van der Waals surface area (Å²) in [5.41, 5.74) is 10.7. The van der Waals surface area contributed by atoms with E-state index in [-0.39, 0.29) is 0 Å². The second kappa shape index (κ2) is 3.80.